The Bertz CT molecular complexity index is 1350. The molecule has 0 aliphatic carbocycles. The van der Waals surface area contributed by atoms with Crippen LogP contribution in [0.25, 0.3) is 0 Å². The number of carbonyl (C=O) groups excluding carboxylic acids is 4. The van der Waals surface area contributed by atoms with Crippen LogP contribution in [0, 0.1) is 11.8 Å². The van der Waals surface area contributed by atoms with Gasteiger partial charge in [0.1, 0.15) is 36.1 Å². The average Bonchev–Trinajstić information content (AvgIpc) is 3.09. The molecule has 16 heteroatoms. The van der Waals surface area contributed by atoms with E-state index in [0.29, 0.717) is 6.42 Å². The Morgan fingerprint density at radius 3 is 2.29 bits per heavy atom. The highest BCUT2D eigenvalue weighted by atomic mass is 16.7. The highest BCUT2D eigenvalue weighted by Gasteiger charge is 2.53. The summed E-state index contributed by atoms with van der Waals surface area (Å²) in [4.78, 5) is 52.8. The van der Waals surface area contributed by atoms with Gasteiger partial charge in [-0.3, -0.25) is 19.2 Å². The number of hydrogen-bond donors (Lipinski definition) is 3. The molecule has 0 amide bonds. The first-order valence-corrected chi connectivity index (χ1v) is 19.6. The lowest BCUT2D eigenvalue weighted by molar-refractivity contribution is -0.344. The average molecular weight is 800 g/mol. The van der Waals surface area contributed by atoms with Crippen molar-refractivity contribution >= 4 is 23.7 Å². The number of esters is 3. The molecule has 15 atom stereocenters. The Labute approximate surface area is 330 Å². The first-order valence-electron chi connectivity index (χ1n) is 19.6. The van der Waals surface area contributed by atoms with Crippen molar-refractivity contribution in [3.8, 4) is 0 Å². The summed E-state index contributed by atoms with van der Waals surface area (Å²) >= 11 is 0. The van der Waals surface area contributed by atoms with E-state index in [0.717, 1.165) is 0 Å². The predicted octanol–water partition coefficient (Wildman–Crippen LogP) is 2.38. The fourth-order valence-electron chi connectivity index (χ4n) is 7.77. The van der Waals surface area contributed by atoms with Crippen LogP contribution in [0.2, 0.25) is 0 Å². The Morgan fingerprint density at radius 2 is 1.70 bits per heavy atom. The van der Waals surface area contributed by atoms with Gasteiger partial charge in [0, 0.05) is 45.8 Å². The number of ketones is 1. The molecule has 0 aromatic heterocycles. The van der Waals surface area contributed by atoms with E-state index >= 15 is 0 Å². The van der Waals surface area contributed by atoms with E-state index in [1.165, 1.54) is 20.1 Å². The minimum absolute atomic E-state index is 0.0417. The number of rotatable bonds is 11. The Morgan fingerprint density at radius 1 is 1.00 bits per heavy atom. The van der Waals surface area contributed by atoms with Crippen LogP contribution in [0.4, 0.5) is 0 Å². The van der Waals surface area contributed by atoms with Gasteiger partial charge in [-0.1, -0.05) is 32.1 Å². The number of aliphatic hydroxyl groups is 3. The lowest BCUT2D eigenvalue weighted by Crippen LogP contribution is -2.66. The normalized spacial score (nSPS) is 39.2. The summed E-state index contributed by atoms with van der Waals surface area (Å²) in [6.07, 6.45) is -3.99. The van der Waals surface area contributed by atoms with Crippen molar-refractivity contribution in [1.82, 2.24) is 4.90 Å². The lowest BCUT2D eigenvalue weighted by Gasteiger charge is -2.50. The van der Waals surface area contributed by atoms with Crippen LogP contribution >= 0.6 is 0 Å². The lowest BCUT2D eigenvalue weighted by atomic mass is 9.82. The number of allylic oxidation sites excluding steroid dienone is 3. The summed E-state index contributed by atoms with van der Waals surface area (Å²) in [6, 6.07) is -0.772. The topological polar surface area (TPSA) is 206 Å². The van der Waals surface area contributed by atoms with Gasteiger partial charge in [-0.2, -0.15) is 0 Å². The minimum Gasteiger partial charge on any atom is -0.462 e. The number of hydrogen-bond acceptors (Lipinski definition) is 16. The summed E-state index contributed by atoms with van der Waals surface area (Å²) in [6.45, 7) is 11.0. The number of methoxy groups -OCH3 is 1. The van der Waals surface area contributed by atoms with Gasteiger partial charge in [0.15, 0.2) is 24.5 Å². The van der Waals surface area contributed by atoms with Crippen molar-refractivity contribution in [3.05, 3.63) is 24.3 Å². The quantitative estimate of drug-likeness (QED) is 0.203. The molecule has 2 saturated heterocycles. The van der Waals surface area contributed by atoms with Crippen LogP contribution in [0.3, 0.4) is 0 Å². The summed E-state index contributed by atoms with van der Waals surface area (Å²) in [5.74, 6) is -3.17. The first-order chi connectivity index (χ1) is 26.3. The number of likely N-dealkylation sites (N-methyl/N-ethyl adjacent to an activating group) is 1. The van der Waals surface area contributed by atoms with Crippen LogP contribution in [-0.4, -0.2) is 151 Å². The van der Waals surface area contributed by atoms with E-state index in [1.807, 2.05) is 0 Å². The highest BCUT2D eigenvalue weighted by Crippen LogP contribution is 2.37. The Hall–Kier alpha value is -2.80. The SMILES string of the molecule is CCC(=O)O[C@H]1[C@H](C)O[C@@H](O[C@H]2[C@H](N(C)C)[C@@H](O)[C@H](O[C@@H]3[C@@H](CCO)C[C@@H](C)C(=O)C=CC=CC[C@@H](C)OC(=O)C[C@@H](OC(C)=O)[C@@H]3OC)O[C@@H]2C)C[C@@]1(C)O. The van der Waals surface area contributed by atoms with Crippen LogP contribution in [0.5, 0.6) is 0 Å². The molecule has 56 heavy (non-hydrogen) atoms. The van der Waals surface area contributed by atoms with E-state index in [4.69, 9.17) is 37.9 Å². The highest BCUT2D eigenvalue weighted by molar-refractivity contribution is 5.91. The van der Waals surface area contributed by atoms with Gasteiger partial charge in [0.2, 0.25) is 0 Å². The van der Waals surface area contributed by atoms with Gasteiger partial charge >= 0.3 is 17.9 Å². The molecule has 3 aliphatic rings. The van der Waals surface area contributed by atoms with Gasteiger partial charge in [0.05, 0.1) is 30.8 Å². The molecule has 0 saturated carbocycles. The largest absolute Gasteiger partial charge is 0.462 e. The molecule has 0 aromatic rings. The molecule has 16 nitrogen and oxygen atoms in total. The summed E-state index contributed by atoms with van der Waals surface area (Å²) in [5, 5.41) is 33.6. The van der Waals surface area contributed by atoms with Gasteiger partial charge in [-0.15, -0.1) is 0 Å². The van der Waals surface area contributed by atoms with E-state index in [2.05, 4.69) is 0 Å². The number of aliphatic hydroxyl groups excluding tert-OH is 2. The van der Waals surface area contributed by atoms with Crippen LogP contribution in [0.15, 0.2) is 24.3 Å². The van der Waals surface area contributed by atoms with E-state index in [1.54, 1.807) is 78.8 Å². The molecule has 0 aromatic carbocycles. The number of nitrogens with zero attached hydrogens (tertiary/aromatic N) is 1. The minimum atomic E-state index is -1.49. The summed E-state index contributed by atoms with van der Waals surface area (Å²) < 4.78 is 48.3. The number of carbonyl (C=O) groups is 4. The maximum absolute atomic E-state index is 13.2. The summed E-state index contributed by atoms with van der Waals surface area (Å²) in [7, 11) is 4.86. The van der Waals surface area contributed by atoms with Gasteiger partial charge in [-0.05, 0) is 66.6 Å². The molecular weight excluding hydrogens is 734 g/mol. The van der Waals surface area contributed by atoms with Crippen LogP contribution in [-0.2, 0) is 57.1 Å². The van der Waals surface area contributed by atoms with Gasteiger partial charge in [-0.25, -0.2) is 0 Å². The van der Waals surface area contributed by atoms with Crippen molar-refractivity contribution in [2.24, 2.45) is 11.8 Å². The third-order valence-electron chi connectivity index (χ3n) is 10.6. The molecule has 3 rings (SSSR count). The van der Waals surface area contributed by atoms with Crippen molar-refractivity contribution in [2.45, 2.75) is 166 Å². The maximum atomic E-state index is 13.2. The monoisotopic (exact) mass is 799 g/mol. The van der Waals surface area contributed by atoms with Crippen LogP contribution in [0.1, 0.15) is 87.0 Å². The number of cyclic esters (lactones) is 1. The molecular formula is C40H65NO15. The van der Waals surface area contributed by atoms with Gasteiger partial charge < -0.3 is 58.1 Å². The Balaban J connectivity index is 2.00. The van der Waals surface area contributed by atoms with Gasteiger partial charge in [0.25, 0.3) is 0 Å². The van der Waals surface area contributed by atoms with Crippen molar-refractivity contribution in [1.29, 1.82) is 0 Å². The molecule has 0 bridgehead atoms. The molecule has 0 unspecified atom stereocenters. The fraction of sp³-hybridized carbons (Fsp3) is 0.800. The third kappa shape index (κ3) is 13.1. The third-order valence-corrected chi connectivity index (χ3v) is 10.6. The smallest absolute Gasteiger partial charge is 0.309 e. The molecule has 3 heterocycles. The van der Waals surface area contributed by atoms with E-state index < -0.39 is 115 Å². The molecule has 320 valence electrons. The molecule has 3 N–H and O–H groups in total. The van der Waals surface area contributed by atoms with E-state index in [9.17, 15) is 34.5 Å². The second kappa shape index (κ2) is 21.8. The molecule has 3 aliphatic heterocycles. The Kier molecular flexibility index (Phi) is 18.5. The fourth-order valence-corrected chi connectivity index (χ4v) is 7.77. The zero-order valence-corrected chi connectivity index (χ0v) is 34.5. The van der Waals surface area contributed by atoms with E-state index in [-0.39, 0.29) is 38.1 Å². The predicted molar refractivity (Wildman–Crippen MR) is 201 cm³/mol. The van der Waals surface area contributed by atoms with Crippen molar-refractivity contribution < 1.29 is 72.4 Å². The number of ether oxygens (including phenoxy) is 8. The molecule has 0 radical (unpaired) electrons. The zero-order chi connectivity index (χ0) is 41.9. The maximum Gasteiger partial charge on any atom is 0.309 e. The second-order valence-corrected chi connectivity index (χ2v) is 15.6. The van der Waals surface area contributed by atoms with Crippen molar-refractivity contribution in [3.63, 3.8) is 0 Å². The van der Waals surface area contributed by atoms with Crippen molar-refractivity contribution in [2.75, 3.05) is 27.8 Å². The molecule has 2 fully saturated rings. The second-order valence-electron chi connectivity index (χ2n) is 15.6. The standard InChI is InChI=1S/C40H65NO15/c1-11-30(45)54-38-25(5)51-32(21-40(38,7)48)55-35-24(4)52-39(34(47)33(35)41(8)9)56-36-27(17-18-42)19-22(2)28(44)16-14-12-13-15-23(3)50-31(46)20-29(37(36)49-10)53-26(6)43/h12-14,16,22-25,27,29,32-39,42,47-48H,11,15,17-21H2,1-10H3/t22-,23-,24-,25+,27+,29-,32+,33-,34-,35-,36-,37+,38+,39+,40-/m1/s1. The first kappa shape index (κ1) is 47.6. The molecule has 0 spiro atoms. The summed E-state index contributed by atoms with van der Waals surface area (Å²) in [5.41, 5.74) is -1.49. The zero-order valence-electron chi connectivity index (χ0n) is 34.5. The van der Waals surface area contributed by atoms with Crippen LogP contribution < -0.4 is 0 Å².